The van der Waals surface area contributed by atoms with Crippen molar-refractivity contribution in [2.24, 2.45) is 5.92 Å². The second kappa shape index (κ2) is 12.1. The summed E-state index contributed by atoms with van der Waals surface area (Å²) in [6.45, 7) is 6.21. The van der Waals surface area contributed by atoms with Crippen LogP contribution in [0.25, 0.3) is 6.08 Å². The van der Waals surface area contributed by atoms with Crippen molar-refractivity contribution in [1.29, 1.82) is 0 Å². The van der Waals surface area contributed by atoms with Gasteiger partial charge in [-0.15, -0.1) is 0 Å². The fourth-order valence-corrected chi connectivity index (χ4v) is 6.18. The molecule has 186 valence electrons. The second-order valence-electron chi connectivity index (χ2n) is 9.12. The van der Waals surface area contributed by atoms with Crippen molar-refractivity contribution < 1.29 is 14.3 Å². The Labute approximate surface area is 220 Å². The molecule has 0 aromatic heterocycles. The van der Waals surface area contributed by atoms with Crippen molar-refractivity contribution in [3.05, 3.63) is 57.4 Å². The van der Waals surface area contributed by atoms with E-state index in [0.717, 1.165) is 58.3 Å². The van der Waals surface area contributed by atoms with Gasteiger partial charge in [0.25, 0.3) is 5.91 Å². The largest absolute Gasteiger partial charge is 0.496 e. The van der Waals surface area contributed by atoms with Crippen molar-refractivity contribution in [3.63, 3.8) is 0 Å². The van der Waals surface area contributed by atoms with Crippen LogP contribution < -0.4 is 15.0 Å². The summed E-state index contributed by atoms with van der Waals surface area (Å²) in [7, 11) is 1.62. The number of amides is 2. The van der Waals surface area contributed by atoms with Gasteiger partial charge in [-0.3, -0.25) is 14.5 Å². The third-order valence-corrected chi connectivity index (χ3v) is 8.02. The standard InChI is InChI=1S/C27H32BrN3O3S/c1-19-7-5-13-30(17-19)14-6-12-29-26(32)18-31-22-8-3-4-9-24(22)35-25(27(31)33)16-20-10-11-23(34-2)21(28)15-20/h3-4,8-11,15-16,19H,5-7,12-14,17-18H2,1-2H3,(H,29,32)/b25-16+/t19-/m1/s1. The number of methoxy groups -OCH3 is 1. The number of ether oxygens (including phenoxy) is 1. The Hall–Kier alpha value is -2.29. The third-order valence-electron chi connectivity index (χ3n) is 6.32. The first-order chi connectivity index (χ1) is 16.9. The average Bonchev–Trinajstić information content (AvgIpc) is 2.84. The SMILES string of the molecule is COc1ccc(/C=C2/Sc3ccccc3N(CC(=O)NCCCN3CCC[C@@H](C)C3)C2=O)cc1Br. The van der Waals surface area contributed by atoms with E-state index >= 15 is 0 Å². The van der Waals surface area contributed by atoms with E-state index in [1.165, 1.54) is 24.6 Å². The summed E-state index contributed by atoms with van der Waals surface area (Å²) < 4.78 is 6.12. The first-order valence-corrected chi connectivity index (χ1v) is 13.7. The molecule has 0 unspecified atom stereocenters. The Morgan fingerprint density at radius 1 is 1.29 bits per heavy atom. The molecule has 2 aromatic carbocycles. The van der Waals surface area contributed by atoms with E-state index in [9.17, 15) is 9.59 Å². The summed E-state index contributed by atoms with van der Waals surface area (Å²) in [4.78, 5) is 31.8. The minimum Gasteiger partial charge on any atom is -0.496 e. The van der Waals surface area contributed by atoms with E-state index in [1.807, 2.05) is 48.5 Å². The molecule has 0 aliphatic carbocycles. The van der Waals surface area contributed by atoms with Crippen LogP contribution in [-0.2, 0) is 9.59 Å². The van der Waals surface area contributed by atoms with Crippen molar-refractivity contribution in [2.75, 3.05) is 44.7 Å². The molecule has 2 aromatic rings. The van der Waals surface area contributed by atoms with Crippen molar-refractivity contribution in [1.82, 2.24) is 10.2 Å². The molecule has 2 aliphatic rings. The number of halogens is 1. The van der Waals surface area contributed by atoms with Crippen molar-refractivity contribution in [2.45, 2.75) is 31.1 Å². The van der Waals surface area contributed by atoms with Gasteiger partial charge in [0.1, 0.15) is 12.3 Å². The maximum atomic E-state index is 13.4. The predicted octanol–water partition coefficient (Wildman–Crippen LogP) is 5.18. The van der Waals surface area contributed by atoms with Gasteiger partial charge in [0.2, 0.25) is 5.91 Å². The monoisotopic (exact) mass is 557 g/mol. The molecular weight excluding hydrogens is 526 g/mol. The van der Waals surface area contributed by atoms with E-state index in [4.69, 9.17) is 4.74 Å². The van der Waals surface area contributed by atoms with Crippen LogP contribution in [0.3, 0.4) is 0 Å². The lowest BCUT2D eigenvalue weighted by Crippen LogP contribution is -2.43. The topological polar surface area (TPSA) is 61.9 Å². The molecule has 1 atom stereocenters. The molecule has 6 nitrogen and oxygen atoms in total. The summed E-state index contributed by atoms with van der Waals surface area (Å²) >= 11 is 4.93. The highest BCUT2D eigenvalue weighted by molar-refractivity contribution is 9.10. The van der Waals surface area contributed by atoms with Gasteiger partial charge < -0.3 is 15.0 Å². The van der Waals surface area contributed by atoms with E-state index in [-0.39, 0.29) is 18.4 Å². The molecule has 0 radical (unpaired) electrons. The van der Waals surface area contributed by atoms with E-state index in [2.05, 4.69) is 33.1 Å². The molecule has 2 amide bonds. The average molecular weight is 559 g/mol. The molecule has 1 N–H and O–H groups in total. The molecule has 8 heteroatoms. The van der Waals surface area contributed by atoms with Gasteiger partial charge in [-0.05, 0) is 90.1 Å². The quantitative estimate of drug-likeness (QED) is 0.358. The number of anilines is 1. The number of nitrogens with one attached hydrogen (secondary N) is 1. The summed E-state index contributed by atoms with van der Waals surface area (Å²) in [5, 5.41) is 3.01. The van der Waals surface area contributed by atoms with Crippen LogP contribution in [-0.4, -0.2) is 56.5 Å². The zero-order chi connectivity index (χ0) is 24.8. The van der Waals surface area contributed by atoms with E-state index < -0.39 is 0 Å². The molecule has 0 saturated carbocycles. The zero-order valence-corrected chi connectivity index (χ0v) is 22.7. The number of hydrogen-bond acceptors (Lipinski definition) is 5. The number of rotatable bonds is 8. The van der Waals surface area contributed by atoms with Gasteiger partial charge in [-0.25, -0.2) is 0 Å². The highest BCUT2D eigenvalue weighted by Crippen LogP contribution is 2.42. The minimum atomic E-state index is -0.168. The number of hydrogen-bond donors (Lipinski definition) is 1. The van der Waals surface area contributed by atoms with Gasteiger partial charge in [0.15, 0.2) is 0 Å². The van der Waals surface area contributed by atoms with Crippen molar-refractivity contribution in [3.8, 4) is 5.75 Å². The molecule has 1 saturated heterocycles. The third kappa shape index (κ3) is 6.68. The number of thioether (sulfide) groups is 1. The molecule has 2 heterocycles. The van der Waals surface area contributed by atoms with Gasteiger partial charge in [-0.1, -0.05) is 36.9 Å². The number of carbonyl (C=O) groups excluding carboxylic acids is 2. The molecule has 0 bridgehead atoms. The Balaban J connectivity index is 1.41. The van der Waals surface area contributed by atoms with E-state index in [1.54, 1.807) is 12.0 Å². The molecular formula is C27H32BrN3O3S. The summed E-state index contributed by atoms with van der Waals surface area (Å²) in [6.07, 6.45) is 5.34. The maximum Gasteiger partial charge on any atom is 0.265 e. The Kier molecular flexibility index (Phi) is 8.92. The van der Waals surface area contributed by atoms with Gasteiger partial charge >= 0.3 is 0 Å². The molecule has 4 rings (SSSR count). The number of benzene rings is 2. The number of fused-ring (bicyclic) bond motifs is 1. The van der Waals surface area contributed by atoms with Crippen molar-refractivity contribution >= 4 is 51.3 Å². The van der Waals surface area contributed by atoms with Crippen LogP contribution in [0, 0.1) is 5.92 Å². The number of nitrogens with zero attached hydrogens (tertiary/aromatic N) is 2. The smallest absolute Gasteiger partial charge is 0.265 e. The zero-order valence-electron chi connectivity index (χ0n) is 20.3. The van der Waals surface area contributed by atoms with Crippen LogP contribution in [0.15, 0.2) is 56.7 Å². The highest BCUT2D eigenvalue weighted by atomic mass is 79.9. The summed E-state index contributed by atoms with van der Waals surface area (Å²) in [6, 6.07) is 13.4. The van der Waals surface area contributed by atoms with Gasteiger partial charge in [0.05, 0.1) is 22.2 Å². The second-order valence-corrected chi connectivity index (χ2v) is 11.1. The number of para-hydroxylation sites is 1. The number of carbonyl (C=O) groups is 2. The lowest BCUT2D eigenvalue weighted by atomic mass is 10.0. The predicted molar refractivity (Wildman–Crippen MR) is 146 cm³/mol. The molecule has 2 aliphatic heterocycles. The number of piperidine rings is 1. The lowest BCUT2D eigenvalue weighted by molar-refractivity contribution is -0.122. The lowest BCUT2D eigenvalue weighted by Gasteiger charge is -2.31. The van der Waals surface area contributed by atoms with Crippen LogP contribution in [0.1, 0.15) is 31.7 Å². The fraction of sp³-hybridized carbons (Fsp3) is 0.407. The first-order valence-electron chi connectivity index (χ1n) is 12.1. The van der Waals surface area contributed by atoms with Crippen LogP contribution in [0.2, 0.25) is 0 Å². The van der Waals surface area contributed by atoms with Crippen LogP contribution >= 0.6 is 27.7 Å². The van der Waals surface area contributed by atoms with E-state index in [0.29, 0.717) is 11.4 Å². The van der Waals surface area contributed by atoms with Gasteiger partial charge in [-0.2, -0.15) is 0 Å². The molecule has 1 fully saturated rings. The summed E-state index contributed by atoms with van der Waals surface area (Å²) in [5.41, 5.74) is 1.65. The fourth-order valence-electron chi connectivity index (χ4n) is 4.56. The van der Waals surface area contributed by atoms with Crippen LogP contribution in [0.4, 0.5) is 5.69 Å². The normalized spacial score (nSPS) is 19.5. The Morgan fingerprint density at radius 3 is 2.89 bits per heavy atom. The number of likely N-dealkylation sites (tertiary alicyclic amines) is 1. The Bertz CT molecular complexity index is 1110. The van der Waals surface area contributed by atoms with Crippen LogP contribution in [0.5, 0.6) is 5.75 Å². The molecule has 0 spiro atoms. The maximum absolute atomic E-state index is 13.4. The summed E-state index contributed by atoms with van der Waals surface area (Å²) in [5.74, 6) is 1.17. The minimum absolute atomic E-state index is 0.000796. The highest BCUT2D eigenvalue weighted by Gasteiger charge is 2.30. The molecule has 35 heavy (non-hydrogen) atoms. The van der Waals surface area contributed by atoms with Gasteiger partial charge in [0, 0.05) is 18.0 Å². The Morgan fingerprint density at radius 2 is 2.11 bits per heavy atom. The first kappa shape index (κ1) is 25.8.